The Morgan fingerprint density at radius 2 is 1.65 bits per heavy atom. The zero-order chi connectivity index (χ0) is 16.4. The molecule has 0 aliphatic heterocycles. The van der Waals surface area contributed by atoms with Crippen LogP contribution in [-0.4, -0.2) is 15.9 Å². The fraction of sp³-hybridized carbons (Fsp3) is 0.222. The van der Waals surface area contributed by atoms with E-state index >= 15 is 0 Å². The van der Waals surface area contributed by atoms with E-state index in [0.29, 0.717) is 4.90 Å². The van der Waals surface area contributed by atoms with Gasteiger partial charge in [-0.3, -0.25) is 0 Å². The van der Waals surface area contributed by atoms with Gasteiger partial charge in [0.05, 0.1) is 12.0 Å². The Bertz CT molecular complexity index is 781. The zero-order valence-corrected chi connectivity index (χ0v) is 13.5. The van der Waals surface area contributed by atoms with Gasteiger partial charge in [0.25, 0.3) is 0 Å². The summed E-state index contributed by atoms with van der Waals surface area (Å²) in [6.07, 6.45) is 2.84. The zero-order valence-electron chi connectivity index (χ0n) is 12.7. The Labute approximate surface area is 137 Å². The van der Waals surface area contributed by atoms with E-state index in [2.05, 4.69) is 0 Å². The number of ether oxygens (including phenoxy) is 1. The first-order valence-electron chi connectivity index (χ1n) is 7.37. The molecule has 0 heterocycles. The quantitative estimate of drug-likeness (QED) is 0.838. The summed E-state index contributed by atoms with van der Waals surface area (Å²) in [5.74, 6) is -0.126. The number of methoxy groups -OCH3 is 1. The van der Waals surface area contributed by atoms with Crippen molar-refractivity contribution in [1.29, 1.82) is 0 Å². The lowest BCUT2D eigenvalue weighted by atomic mass is 9.97. The molecule has 5 heteroatoms. The van der Waals surface area contributed by atoms with E-state index in [1.807, 2.05) is 18.2 Å². The molecule has 2 aromatic rings. The van der Waals surface area contributed by atoms with Gasteiger partial charge < -0.3 is 9.29 Å². The standard InChI is InChI=1S/C18H17FO3S/c1-22-18-10-7-13(11-17(18)19)16-4-2-3-15(16)12-5-8-14(9-6-12)23(20)21/h5-11H,2-4H2,1H3,(H,20,21). The van der Waals surface area contributed by atoms with Crippen molar-refractivity contribution in [2.75, 3.05) is 7.11 Å². The fourth-order valence-corrected chi connectivity index (χ4v) is 3.38. The SMILES string of the molecule is COc1ccc(C2=C(c3ccc(S(=O)O)cc3)CCC2)cc1F. The molecule has 1 N–H and O–H groups in total. The normalized spacial score (nSPS) is 15.8. The second kappa shape index (κ2) is 6.64. The van der Waals surface area contributed by atoms with Gasteiger partial charge in [-0.25, -0.2) is 8.60 Å². The monoisotopic (exact) mass is 332 g/mol. The molecule has 120 valence electrons. The maximum Gasteiger partial charge on any atom is 0.186 e. The molecule has 0 saturated heterocycles. The highest BCUT2D eigenvalue weighted by Crippen LogP contribution is 2.40. The average molecular weight is 332 g/mol. The Balaban J connectivity index is 2.01. The van der Waals surface area contributed by atoms with Crippen LogP contribution in [0.3, 0.4) is 0 Å². The molecule has 1 atom stereocenters. The lowest BCUT2D eigenvalue weighted by Crippen LogP contribution is -1.92. The lowest BCUT2D eigenvalue weighted by Gasteiger charge is -2.10. The Morgan fingerprint density at radius 3 is 2.22 bits per heavy atom. The summed E-state index contributed by atoms with van der Waals surface area (Å²) in [5.41, 5.74) is 4.18. The van der Waals surface area contributed by atoms with Crippen LogP contribution in [-0.2, 0) is 11.1 Å². The summed E-state index contributed by atoms with van der Waals surface area (Å²) in [5, 5.41) is 0. The van der Waals surface area contributed by atoms with Crippen molar-refractivity contribution >= 4 is 22.2 Å². The Hall–Kier alpha value is -1.98. The second-order valence-corrected chi connectivity index (χ2v) is 6.40. The molecule has 0 bridgehead atoms. The summed E-state index contributed by atoms with van der Waals surface area (Å²) in [4.78, 5) is 0.379. The van der Waals surface area contributed by atoms with Gasteiger partial charge in [-0.15, -0.1) is 0 Å². The van der Waals surface area contributed by atoms with Crippen LogP contribution in [0.15, 0.2) is 47.4 Å². The predicted octanol–water partition coefficient (Wildman–Crippen LogP) is 4.51. The highest BCUT2D eigenvalue weighted by molar-refractivity contribution is 7.79. The van der Waals surface area contributed by atoms with Crippen LogP contribution < -0.4 is 4.74 Å². The third-order valence-corrected chi connectivity index (χ3v) is 4.80. The summed E-state index contributed by atoms with van der Waals surface area (Å²) in [6.45, 7) is 0. The van der Waals surface area contributed by atoms with E-state index in [4.69, 9.17) is 9.29 Å². The molecule has 0 fully saturated rings. The molecule has 0 aromatic heterocycles. The van der Waals surface area contributed by atoms with Crippen LogP contribution in [0.25, 0.3) is 11.1 Å². The van der Waals surface area contributed by atoms with Gasteiger partial charge in [0, 0.05) is 0 Å². The van der Waals surface area contributed by atoms with Crippen molar-refractivity contribution in [2.24, 2.45) is 0 Å². The molecule has 1 aliphatic carbocycles. The first-order chi connectivity index (χ1) is 11.1. The highest BCUT2D eigenvalue weighted by atomic mass is 32.2. The minimum Gasteiger partial charge on any atom is -0.494 e. The molecule has 2 aromatic carbocycles. The second-order valence-electron chi connectivity index (χ2n) is 5.43. The number of rotatable bonds is 4. The molecule has 0 amide bonds. The number of allylic oxidation sites excluding steroid dienone is 2. The van der Waals surface area contributed by atoms with Gasteiger partial charge >= 0.3 is 0 Å². The van der Waals surface area contributed by atoms with Gasteiger partial charge in [-0.05, 0) is 65.8 Å². The summed E-state index contributed by atoms with van der Waals surface area (Å²) < 4.78 is 39.1. The first-order valence-corrected chi connectivity index (χ1v) is 8.48. The van der Waals surface area contributed by atoms with Crippen LogP contribution in [0.1, 0.15) is 30.4 Å². The molecular formula is C18H17FO3S. The van der Waals surface area contributed by atoms with Crippen molar-refractivity contribution < 1.29 is 17.9 Å². The van der Waals surface area contributed by atoms with Crippen molar-refractivity contribution in [2.45, 2.75) is 24.2 Å². The van der Waals surface area contributed by atoms with Gasteiger partial charge in [-0.2, -0.15) is 0 Å². The van der Waals surface area contributed by atoms with E-state index in [9.17, 15) is 8.60 Å². The third kappa shape index (κ3) is 3.21. The Kier molecular flexibility index (Phi) is 4.59. The molecule has 1 unspecified atom stereocenters. The van der Waals surface area contributed by atoms with Crippen molar-refractivity contribution in [3.8, 4) is 5.75 Å². The molecule has 0 radical (unpaired) electrons. The first kappa shape index (κ1) is 15.9. The lowest BCUT2D eigenvalue weighted by molar-refractivity contribution is 0.386. The van der Waals surface area contributed by atoms with E-state index in [-0.39, 0.29) is 11.6 Å². The van der Waals surface area contributed by atoms with E-state index < -0.39 is 11.1 Å². The van der Waals surface area contributed by atoms with Gasteiger partial charge in [-0.1, -0.05) is 18.2 Å². The molecule has 0 spiro atoms. The van der Waals surface area contributed by atoms with Crippen LogP contribution >= 0.6 is 0 Å². The molecule has 1 aliphatic rings. The summed E-state index contributed by atoms with van der Waals surface area (Å²) >= 11 is -1.97. The van der Waals surface area contributed by atoms with Crippen molar-refractivity contribution in [3.63, 3.8) is 0 Å². The third-order valence-electron chi connectivity index (χ3n) is 4.12. The molecule has 3 rings (SSSR count). The highest BCUT2D eigenvalue weighted by Gasteiger charge is 2.19. The summed E-state index contributed by atoms with van der Waals surface area (Å²) in [6, 6.07) is 12.0. The van der Waals surface area contributed by atoms with Crippen molar-refractivity contribution in [3.05, 3.63) is 59.4 Å². The minimum absolute atomic E-state index is 0.240. The number of halogens is 1. The largest absolute Gasteiger partial charge is 0.494 e. The van der Waals surface area contributed by atoms with E-state index in [1.54, 1.807) is 18.2 Å². The fourth-order valence-electron chi connectivity index (χ4n) is 3.01. The van der Waals surface area contributed by atoms with Gasteiger partial charge in [0.15, 0.2) is 22.6 Å². The number of benzene rings is 2. The molecule has 23 heavy (non-hydrogen) atoms. The van der Waals surface area contributed by atoms with Gasteiger partial charge in [0.2, 0.25) is 0 Å². The Morgan fingerprint density at radius 1 is 1.04 bits per heavy atom. The van der Waals surface area contributed by atoms with E-state index in [0.717, 1.165) is 36.0 Å². The van der Waals surface area contributed by atoms with Crippen LogP contribution in [0.5, 0.6) is 5.75 Å². The summed E-state index contributed by atoms with van der Waals surface area (Å²) in [7, 11) is 1.45. The number of hydrogen-bond donors (Lipinski definition) is 1. The minimum atomic E-state index is -1.97. The molecular weight excluding hydrogens is 315 g/mol. The van der Waals surface area contributed by atoms with Crippen LogP contribution in [0, 0.1) is 5.82 Å². The van der Waals surface area contributed by atoms with E-state index in [1.165, 1.54) is 18.7 Å². The smallest absolute Gasteiger partial charge is 0.186 e. The van der Waals surface area contributed by atoms with Crippen LogP contribution in [0.4, 0.5) is 4.39 Å². The van der Waals surface area contributed by atoms with Gasteiger partial charge in [0.1, 0.15) is 0 Å². The molecule has 0 saturated carbocycles. The predicted molar refractivity (Wildman–Crippen MR) is 89.1 cm³/mol. The average Bonchev–Trinajstić information content (AvgIpc) is 3.04. The maximum absolute atomic E-state index is 14.0. The molecule has 3 nitrogen and oxygen atoms in total. The van der Waals surface area contributed by atoms with Crippen LogP contribution in [0.2, 0.25) is 0 Å². The maximum atomic E-state index is 14.0. The number of hydrogen-bond acceptors (Lipinski definition) is 2. The van der Waals surface area contributed by atoms with Crippen molar-refractivity contribution in [1.82, 2.24) is 0 Å². The topological polar surface area (TPSA) is 46.5 Å².